The molecule has 7 heteroatoms. The first kappa shape index (κ1) is 19.7. The fourth-order valence-corrected chi connectivity index (χ4v) is 3.47. The van der Waals surface area contributed by atoms with E-state index < -0.39 is 0 Å². The van der Waals surface area contributed by atoms with Crippen LogP contribution in [0.15, 0.2) is 24.3 Å². The Hall–Kier alpha value is -1.60. The summed E-state index contributed by atoms with van der Waals surface area (Å²) in [6.45, 7) is 4.70. The van der Waals surface area contributed by atoms with Gasteiger partial charge in [0.15, 0.2) is 5.12 Å². The second-order valence-corrected chi connectivity index (χ2v) is 7.60. The first-order chi connectivity index (χ1) is 12.0. The van der Waals surface area contributed by atoms with Crippen molar-refractivity contribution in [3.63, 3.8) is 0 Å². The zero-order chi connectivity index (χ0) is 18.1. The lowest BCUT2D eigenvalue weighted by Crippen LogP contribution is -2.51. The average Bonchev–Trinajstić information content (AvgIpc) is 2.60. The van der Waals surface area contributed by atoms with Gasteiger partial charge in [-0.05, 0) is 12.8 Å². The Kier molecular flexibility index (Phi) is 8.21. The molecule has 6 nitrogen and oxygen atoms in total. The van der Waals surface area contributed by atoms with Crippen molar-refractivity contribution in [3.8, 4) is 0 Å². The maximum absolute atomic E-state index is 12.2. The van der Waals surface area contributed by atoms with Crippen molar-refractivity contribution >= 4 is 28.7 Å². The Labute approximate surface area is 153 Å². The zero-order valence-corrected chi connectivity index (χ0v) is 15.6. The monoisotopic (exact) mass is 365 g/mol. The summed E-state index contributed by atoms with van der Waals surface area (Å²) >= 11 is 1.27. The van der Waals surface area contributed by atoms with Crippen LogP contribution in [-0.2, 0) is 14.4 Å². The molecule has 25 heavy (non-hydrogen) atoms. The van der Waals surface area contributed by atoms with E-state index in [9.17, 15) is 14.4 Å². The highest BCUT2D eigenvalue weighted by Crippen LogP contribution is 2.09. The molecule has 1 atom stereocenters. The zero-order valence-electron chi connectivity index (χ0n) is 14.8. The highest BCUT2D eigenvalue weighted by molar-refractivity contribution is 8.13. The maximum atomic E-state index is 12.2. The Bertz CT molecular complexity index is 540. The van der Waals surface area contributed by atoms with Crippen LogP contribution in [0.2, 0.25) is 0 Å². The van der Waals surface area contributed by atoms with Gasteiger partial charge in [0, 0.05) is 45.3 Å². The standard InChI is InChI=1S/C18H27N3O3S/c1-15(22)25-13-5-8-18(24)21-11-9-20(10-12-21)14-17(23)19-16-6-3-2-4-7-16/h2-4,6,16H,5,7-14H2,1H3,(H,19,23). The van der Waals surface area contributed by atoms with Crippen LogP contribution in [0.3, 0.4) is 0 Å². The van der Waals surface area contributed by atoms with Crippen molar-refractivity contribution in [2.24, 2.45) is 0 Å². The van der Waals surface area contributed by atoms with Crippen LogP contribution in [0.25, 0.3) is 0 Å². The van der Waals surface area contributed by atoms with E-state index in [-0.39, 0.29) is 23.0 Å². The molecule has 1 saturated heterocycles. The van der Waals surface area contributed by atoms with Crippen molar-refractivity contribution < 1.29 is 14.4 Å². The van der Waals surface area contributed by atoms with Gasteiger partial charge >= 0.3 is 0 Å². The number of carbonyl (C=O) groups excluding carboxylic acids is 3. The van der Waals surface area contributed by atoms with E-state index in [1.54, 1.807) is 6.92 Å². The van der Waals surface area contributed by atoms with Crippen molar-refractivity contribution in [1.82, 2.24) is 15.1 Å². The van der Waals surface area contributed by atoms with Gasteiger partial charge in [-0.25, -0.2) is 0 Å². The molecule has 2 amide bonds. The van der Waals surface area contributed by atoms with Gasteiger partial charge in [0.1, 0.15) is 0 Å². The number of hydrogen-bond acceptors (Lipinski definition) is 5. The lowest BCUT2D eigenvalue weighted by Gasteiger charge is -2.34. The van der Waals surface area contributed by atoms with E-state index in [0.29, 0.717) is 31.8 Å². The Morgan fingerprint density at radius 3 is 2.56 bits per heavy atom. The normalized spacial score (nSPS) is 20.5. The first-order valence-electron chi connectivity index (χ1n) is 8.81. The van der Waals surface area contributed by atoms with Gasteiger partial charge < -0.3 is 10.2 Å². The fourth-order valence-electron chi connectivity index (χ4n) is 2.90. The molecule has 0 aromatic heterocycles. The van der Waals surface area contributed by atoms with Gasteiger partial charge in [0.25, 0.3) is 0 Å². The number of carbonyl (C=O) groups is 3. The molecular formula is C18H27N3O3S. The summed E-state index contributed by atoms with van der Waals surface area (Å²) in [5.41, 5.74) is 0. The fraction of sp³-hybridized carbons (Fsp3) is 0.611. The third-order valence-corrected chi connectivity index (χ3v) is 5.16. The predicted octanol–water partition coefficient (Wildman–Crippen LogP) is 1.19. The van der Waals surface area contributed by atoms with Crippen molar-refractivity contribution in [2.45, 2.75) is 32.2 Å². The second kappa shape index (κ2) is 10.4. The van der Waals surface area contributed by atoms with E-state index in [0.717, 1.165) is 25.9 Å². The van der Waals surface area contributed by atoms with Crippen LogP contribution in [0, 0.1) is 0 Å². The van der Waals surface area contributed by atoms with Crippen LogP contribution in [-0.4, -0.2) is 71.2 Å². The molecule has 2 aliphatic rings. The number of nitrogens with zero attached hydrogens (tertiary/aromatic N) is 2. The summed E-state index contributed by atoms with van der Waals surface area (Å²) < 4.78 is 0. The molecule has 0 aromatic carbocycles. The van der Waals surface area contributed by atoms with Crippen molar-refractivity contribution in [1.29, 1.82) is 0 Å². The van der Waals surface area contributed by atoms with Crippen molar-refractivity contribution in [2.75, 3.05) is 38.5 Å². The molecule has 1 fully saturated rings. The van der Waals surface area contributed by atoms with Gasteiger partial charge in [0.05, 0.1) is 12.6 Å². The summed E-state index contributed by atoms with van der Waals surface area (Å²) in [6.07, 6.45) is 10.0. The molecule has 1 N–H and O–H groups in total. The molecule has 1 unspecified atom stereocenters. The summed E-state index contributed by atoms with van der Waals surface area (Å²) in [5, 5.41) is 3.11. The summed E-state index contributed by atoms with van der Waals surface area (Å²) in [6, 6.07) is 0.0910. The third kappa shape index (κ3) is 7.44. The molecule has 138 valence electrons. The van der Waals surface area contributed by atoms with E-state index in [1.807, 2.05) is 29.2 Å². The van der Waals surface area contributed by atoms with Crippen LogP contribution in [0.5, 0.6) is 0 Å². The number of rotatable bonds is 7. The molecule has 0 radical (unpaired) electrons. The largest absolute Gasteiger partial charge is 0.348 e. The summed E-state index contributed by atoms with van der Waals surface area (Å²) in [4.78, 5) is 39.1. The van der Waals surface area contributed by atoms with Gasteiger partial charge in [-0.3, -0.25) is 19.3 Å². The van der Waals surface area contributed by atoms with Crippen LogP contribution in [0.1, 0.15) is 26.2 Å². The smallest absolute Gasteiger partial charge is 0.234 e. The number of allylic oxidation sites excluding steroid dienone is 2. The maximum Gasteiger partial charge on any atom is 0.234 e. The highest BCUT2D eigenvalue weighted by atomic mass is 32.2. The SMILES string of the molecule is CC(=O)SCCCC(=O)N1CCN(CC(=O)NC2C=CC=CC2)CC1. The lowest BCUT2D eigenvalue weighted by molar-refractivity contribution is -0.133. The Morgan fingerprint density at radius 2 is 1.92 bits per heavy atom. The molecule has 1 heterocycles. The quantitative estimate of drug-likeness (QED) is 0.687. The van der Waals surface area contributed by atoms with Gasteiger partial charge in [-0.15, -0.1) is 0 Å². The Morgan fingerprint density at radius 1 is 1.16 bits per heavy atom. The second-order valence-electron chi connectivity index (χ2n) is 6.32. The van der Waals surface area contributed by atoms with Crippen LogP contribution in [0.4, 0.5) is 0 Å². The van der Waals surface area contributed by atoms with Gasteiger partial charge in [-0.1, -0.05) is 36.1 Å². The molecular weight excluding hydrogens is 338 g/mol. The molecule has 1 aliphatic heterocycles. The number of nitrogens with one attached hydrogen (secondary N) is 1. The number of piperazine rings is 1. The lowest BCUT2D eigenvalue weighted by atomic mass is 10.1. The minimum absolute atomic E-state index is 0.0333. The van der Waals surface area contributed by atoms with Crippen LogP contribution < -0.4 is 5.32 Å². The van der Waals surface area contributed by atoms with E-state index in [4.69, 9.17) is 0 Å². The molecule has 0 spiro atoms. The summed E-state index contributed by atoms with van der Waals surface area (Å²) in [5.74, 6) is 0.879. The molecule has 0 saturated carbocycles. The minimum Gasteiger partial charge on any atom is -0.348 e. The molecule has 2 rings (SSSR count). The van der Waals surface area contributed by atoms with Crippen molar-refractivity contribution in [3.05, 3.63) is 24.3 Å². The minimum atomic E-state index is 0.0333. The van der Waals surface area contributed by atoms with Gasteiger partial charge in [-0.2, -0.15) is 0 Å². The average molecular weight is 365 g/mol. The topological polar surface area (TPSA) is 69.7 Å². The van der Waals surface area contributed by atoms with E-state index >= 15 is 0 Å². The third-order valence-electron chi connectivity index (χ3n) is 4.26. The first-order valence-corrected chi connectivity index (χ1v) is 9.79. The van der Waals surface area contributed by atoms with Gasteiger partial charge in [0.2, 0.25) is 11.8 Å². The molecule has 0 aromatic rings. The number of thioether (sulfide) groups is 1. The highest BCUT2D eigenvalue weighted by Gasteiger charge is 2.22. The molecule has 1 aliphatic carbocycles. The Balaban J connectivity index is 1.61. The predicted molar refractivity (Wildman–Crippen MR) is 100 cm³/mol. The number of amides is 2. The van der Waals surface area contributed by atoms with E-state index in [1.165, 1.54) is 11.8 Å². The number of hydrogen-bond donors (Lipinski definition) is 1. The van der Waals surface area contributed by atoms with E-state index in [2.05, 4.69) is 10.2 Å². The van der Waals surface area contributed by atoms with Crippen LogP contribution >= 0.6 is 11.8 Å². The molecule has 0 bridgehead atoms. The summed E-state index contributed by atoms with van der Waals surface area (Å²) in [7, 11) is 0.